The molecule has 0 saturated carbocycles. The van der Waals surface area contributed by atoms with Gasteiger partial charge in [0.25, 0.3) is 0 Å². The van der Waals surface area contributed by atoms with Crippen LogP contribution < -0.4 is 11.1 Å². The average Bonchev–Trinajstić information content (AvgIpc) is 2.84. The summed E-state index contributed by atoms with van der Waals surface area (Å²) in [6.07, 6.45) is 0.616. The van der Waals surface area contributed by atoms with Gasteiger partial charge in [0.2, 0.25) is 5.91 Å². The first-order chi connectivity index (χ1) is 16.1. The summed E-state index contributed by atoms with van der Waals surface area (Å²) in [6, 6.07) is 30.2. The van der Waals surface area contributed by atoms with Crippen molar-refractivity contribution in [1.29, 1.82) is 0 Å². The van der Waals surface area contributed by atoms with Crippen molar-refractivity contribution in [3.05, 3.63) is 114 Å². The molecule has 1 amide bonds. The van der Waals surface area contributed by atoms with Gasteiger partial charge in [0.1, 0.15) is 6.61 Å². The number of fused-ring (bicyclic) bond motifs is 1. The van der Waals surface area contributed by atoms with Crippen LogP contribution in [0.3, 0.4) is 0 Å². The zero-order chi connectivity index (χ0) is 23.0. The highest BCUT2D eigenvalue weighted by Gasteiger charge is 2.15. The fraction of sp³-hybridized carbons (Fsp3) is 0.143. The van der Waals surface area contributed by atoms with E-state index in [1.54, 1.807) is 24.3 Å². The molecule has 4 aromatic carbocycles. The van der Waals surface area contributed by atoms with E-state index in [-0.39, 0.29) is 24.9 Å². The van der Waals surface area contributed by atoms with Crippen molar-refractivity contribution >= 4 is 28.3 Å². The average molecular weight is 439 g/mol. The van der Waals surface area contributed by atoms with Crippen LogP contribution in [0.5, 0.6) is 0 Å². The van der Waals surface area contributed by atoms with Crippen molar-refractivity contribution in [2.75, 3.05) is 5.32 Å². The molecule has 0 spiro atoms. The number of nitrogens with two attached hydrogens (primary N) is 1. The number of esters is 1. The van der Waals surface area contributed by atoms with Crippen LogP contribution in [0.4, 0.5) is 5.69 Å². The molecule has 1 atom stereocenters. The minimum absolute atomic E-state index is 0.169. The second-order valence-corrected chi connectivity index (χ2v) is 8.00. The molecular weight excluding hydrogens is 412 g/mol. The van der Waals surface area contributed by atoms with Gasteiger partial charge in [-0.05, 0) is 46.0 Å². The van der Waals surface area contributed by atoms with Crippen molar-refractivity contribution in [2.24, 2.45) is 5.73 Å². The summed E-state index contributed by atoms with van der Waals surface area (Å²) in [5, 5.41) is 5.13. The number of carbonyl (C=O) groups excluding carboxylic acids is 2. The summed E-state index contributed by atoms with van der Waals surface area (Å²) >= 11 is 0. The number of ether oxygens (including phenoxy) is 1. The number of hydrogen-bond acceptors (Lipinski definition) is 4. The number of nitrogens with one attached hydrogen (secondary N) is 1. The first-order valence-corrected chi connectivity index (χ1v) is 10.9. The number of amides is 1. The van der Waals surface area contributed by atoms with Crippen molar-refractivity contribution < 1.29 is 14.3 Å². The lowest BCUT2D eigenvalue weighted by molar-refractivity contribution is -0.144. The van der Waals surface area contributed by atoms with Crippen LogP contribution in [0, 0.1) is 0 Å². The maximum Gasteiger partial charge on any atom is 0.310 e. The predicted molar refractivity (Wildman–Crippen MR) is 131 cm³/mol. The molecule has 166 valence electrons. The molecule has 0 bridgehead atoms. The highest BCUT2D eigenvalue weighted by atomic mass is 16.5. The van der Waals surface area contributed by atoms with Crippen LogP contribution in [0.25, 0.3) is 10.8 Å². The van der Waals surface area contributed by atoms with Crippen LogP contribution in [0.1, 0.15) is 16.7 Å². The molecule has 0 aliphatic heterocycles. The van der Waals surface area contributed by atoms with Crippen LogP contribution in [0.2, 0.25) is 0 Å². The third-order valence-corrected chi connectivity index (χ3v) is 5.42. The molecule has 0 saturated heterocycles. The SMILES string of the molecule is N[C@@H](Cc1ccc2ccccc2c1)C(=O)Nc1ccc(CC(=O)OCc2ccccc2)cc1. The summed E-state index contributed by atoms with van der Waals surface area (Å²) in [4.78, 5) is 24.6. The Morgan fingerprint density at radius 2 is 1.42 bits per heavy atom. The van der Waals surface area contributed by atoms with Crippen molar-refractivity contribution in [3.63, 3.8) is 0 Å². The molecule has 0 aliphatic rings. The standard InChI is InChI=1S/C28H26N2O3/c29-26(17-22-10-13-23-8-4-5-9-24(23)16-22)28(32)30-25-14-11-20(12-15-25)18-27(31)33-19-21-6-2-1-3-7-21/h1-16,26H,17-19,29H2,(H,30,32)/t26-/m0/s1. The minimum atomic E-state index is -0.668. The maximum absolute atomic E-state index is 12.6. The van der Waals surface area contributed by atoms with Gasteiger partial charge in [-0.2, -0.15) is 0 Å². The van der Waals surface area contributed by atoms with Crippen LogP contribution in [-0.4, -0.2) is 17.9 Å². The molecule has 0 radical (unpaired) electrons. The lowest BCUT2D eigenvalue weighted by Crippen LogP contribution is -2.37. The van der Waals surface area contributed by atoms with Gasteiger partial charge in [-0.3, -0.25) is 9.59 Å². The van der Waals surface area contributed by atoms with Gasteiger partial charge in [-0.15, -0.1) is 0 Å². The Balaban J connectivity index is 1.27. The van der Waals surface area contributed by atoms with Crippen molar-refractivity contribution in [1.82, 2.24) is 0 Å². The molecule has 0 unspecified atom stereocenters. The lowest BCUT2D eigenvalue weighted by Gasteiger charge is -2.13. The summed E-state index contributed by atoms with van der Waals surface area (Å²) in [6.45, 7) is 0.253. The van der Waals surface area contributed by atoms with E-state index < -0.39 is 6.04 Å². The third kappa shape index (κ3) is 6.28. The molecule has 4 rings (SSSR count). The minimum Gasteiger partial charge on any atom is -0.461 e. The van der Waals surface area contributed by atoms with Gasteiger partial charge in [-0.1, -0.05) is 84.9 Å². The van der Waals surface area contributed by atoms with Gasteiger partial charge in [-0.25, -0.2) is 0 Å². The predicted octanol–water partition coefficient (Wildman–Crippen LogP) is 4.63. The Kier molecular flexibility index (Phi) is 7.12. The molecule has 0 fully saturated rings. The first kappa shape index (κ1) is 22.2. The summed E-state index contributed by atoms with van der Waals surface area (Å²) in [5.41, 5.74) is 9.55. The largest absolute Gasteiger partial charge is 0.461 e. The van der Waals surface area contributed by atoms with Gasteiger partial charge in [0.15, 0.2) is 0 Å². The molecule has 0 aromatic heterocycles. The lowest BCUT2D eigenvalue weighted by atomic mass is 10.0. The molecule has 5 nitrogen and oxygen atoms in total. The fourth-order valence-corrected chi connectivity index (χ4v) is 3.61. The molecule has 33 heavy (non-hydrogen) atoms. The summed E-state index contributed by atoms with van der Waals surface area (Å²) < 4.78 is 5.32. The van der Waals surface area contributed by atoms with Gasteiger partial charge in [0.05, 0.1) is 12.5 Å². The highest BCUT2D eigenvalue weighted by molar-refractivity contribution is 5.95. The van der Waals surface area contributed by atoms with E-state index in [2.05, 4.69) is 17.4 Å². The Bertz CT molecular complexity index is 1240. The van der Waals surface area contributed by atoms with E-state index in [9.17, 15) is 9.59 Å². The maximum atomic E-state index is 12.6. The van der Waals surface area contributed by atoms with Gasteiger partial charge in [0, 0.05) is 5.69 Å². The summed E-state index contributed by atoms with van der Waals surface area (Å²) in [7, 11) is 0. The van der Waals surface area contributed by atoms with E-state index in [0.29, 0.717) is 12.1 Å². The van der Waals surface area contributed by atoms with E-state index in [0.717, 1.165) is 27.5 Å². The third-order valence-electron chi connectivity index (χ3n) is 5.42. The highest BCUT2D eigenvalue weighted by Crippen LogP contribution is 2.17. The molecule has 4 aromatic rings. The van der Waals surface area contributed by atoms with E-state index in [1.165, 1.54) is 0 Å². The second kappa shape index (κ2) is 10.6. The molecule has 0 heterocycles. The Morgan fingerprint density at radius 1 is 0.758 bits per heavy atom. The van der Waals surface area contributed by atoms with Crippen LogP contribution in [0.15, 0.2) is 97.1 Å². The quantitative estimate of drug-likeness (QED) is 0.393. The zero-order valence-corrected chi connectivity index (χ0v) is 18.2. The monoisotopic (exact) mass is 438 g/mol. The van der Waals surface area contributed by atoms with E-state index >= 15 is 0 Å². The Morgan fingerprint density at radius 3 is 2.18 bits per heavy atom. The topological polar surface area (TPSA) is 81.4 Å². The van der Waals surface area contributed by atoms with E-state index in [4.69, 9.17) is 10.5 Å². The summed E-state index contributed by atoms with van der Waals surface area (Å²) in [5.74, 6) is -0.550. The first-order valence-electron chi connectivity index (χ1n) is 10.9. The molecule has 0 aliphatic carbocycles. The Labute approximate surface area is 193 Å². The number of hydrogen-bond donors (Lipinski definition) is 2. The molecule has 3 N–H and O–H groups in total. The molecule has 5 heteroatoms. The van der Waals surface area contributed by atoms with Crippen LogP contribution in [-0.2, 0) is 33.8 Å². The van der Waals surface area contributed by atoms with Crippen molar-refractivity contribution in [2.45, 2.75) is 25.5 Å². The number of benzene rings is 4. The fourth-order valence-electron chi connectivity index (χ4n) is 3.61. The number of anilines is 1. The van der Waals surface area contributed by atoms with Gasteiger partial charge < -0.3 is 15.8 Å². The normalized spacial score (nSPS) is 11.7. The van der Waals surface area contributed by atoms with Gasteiger partial charge >= 0.3 is 5.97 Å². The second-order valence-electron chi connectivity index (χ2n) is 8.00. The molecular formula is C28H26N2O3. The number of carbonyl (C=O) groups is 2. The van der Waals surface area contributed by atoms with E-state index in [1.807, 2.05) is 60.7 Å². The van der Waals surface area contributed by atoms with Crippen LogP contribution >= 0.6 is 0 Å². The smallest absolute Gasteiger partial charge is 0.310 e. The zero-order valence-electron chi connectivity index (χ0n) is 18.2. The Hall–Kier alpha value is -3.96. The van der Waals surface area contributed by atoms with Crippen molar-refractivity contribution in [3.8, 4) is 0 Å². The number of rotatable bonds is 8.